The van der Waals surface area contributed by atoms with Crippen molar-refractivity contribution in [1.82, 2.24) is 4.98 Å². The summed E-state index contributed by atoms with van der Waals surface area (Å²) in [5, 5.41) is 3.16. The van der Waals surface area contributed by atoms with E-state index in [-0.39, 0.29) is 27.4 Å². The van der Waals surface area contributed by atoms with Crippen LogP contribution in [-0.4, -0.2) is 4.98 Å². The number of alkyl halides is 3. The van der Waals surface area contributed by atoms with Gasteiger partial charge in [0.05, 0.1) is 21.3 Å². The summed E-state index contributed by atoms with van der Waals surface area (Å²) in [6.07, 6.45) is -4.53. The molecule has 4 N–H and O–H groups in total. The van der Waals surface area contributed by atoms with Crippen LogP contribution in [0.25, 0.3) is 0 Å². The highest BCUT2D eigenvalue weighted by Gasteiger charge is 2.31. The highest BCUT2D eigenvalue weighted by atomic mass is 35.5. The van der Waals surface area contributed by atoms with Gasteiger partial charge in [0, 0.05) is 0 Å². The Morgan fingerprint density at radius 1 is 1.05 bits per heavy atom. The van der Waals surface area contributed by atoms with E-state index in [1.54, 1.807) is 18.2 Å². The van der Waals surface area contributed by atoms with Gasteiger partial charge in [-0.3, -0.25) is 0 Å². The molecule has 1 heterocycles. The number of hydrazine groups is 1. The van der Waals surface area contributed by atoms with Crippen molar-refractivity contribution < 1.29 is 13.2 Å². The van der Waals surface area contributed by atoms with Crippen molar-refractivity contribution in [3.8, 4) is 0 Å². The van der Waals surface area contributed by atoms with Gasteiger partial charge in [-0.25, -0.2) is 10.8 Å². The van der Waals surface area contributed by atoms with Crippen molar-refractivity contribution in [2.45, 2.75) is 6.18 Å². The number of nitrogens with two attached hydrogens (primary N) is 1. The lowest BCUT2D eigenvalue weighted by Crippen LogP contribution is -2.13. The van der Waals surface area contributed by atoms with Crippen LogP contribution in [0.5, 0.6) is 0 Å². The van der Waals surface area contributed by atoms with Crippen LogP contribution in [0.4, 0.5) is 30.5 Å². The molecule has 9 heteroatoms. The van der Waals surface area contributed by atoms with Gasteiger partial charge in [-0.05, 0) is 24.3 Å². The maximum Gasteiger partial charge on any atom is 0.416 e. The molecule has 0 aliphatic carbocycles. The first-order valence-corrected chi connectivity index (χ1v) is 6.34. The minimum atomic E-state index is -4.53. The number of halogens is 5. The molecule has 0 aliphatic heterocycles. The van der Waals surface area contributed by atoms with Crippen LogP contribution in [-0.2, 0) is 6.18 Å². The summed E-state index contributed by atoms with van der Waals surface area (Å²) in [5.41, 5.74) is 1.43. The molecule has 0 unspecified atom stereocenters. The van der Waals surface area contributed by atoms with E-state index in [2.05, 4.69) is 15.7 Å². The summed E-state index contributed by atoms with van der Waals surface area (Å²) in [7, 11) is 0. The van der Waals surface area contributed by atoms with E-state index in [1.807, 2.05) is 0 Å². The van der Waals surface area contributed by atoms with Crippen molar-refractivity contribution >= 4 is 40.5 Å². The van der Waals surface area contributed by atoms with Crippen molar-refractivity contribution in [2.24, 2.45) is 5.84 Å². The average molecular weight is 337 g/mol. The first-order chi connectivity index (χ1) is 9.81. The first-order valence-electron chi connectivity index (χ1n) is 5.58. The molecule has 0 fully saturated rings. The number of nitrogens with one attached hydrogen (secondary N) is 2. The Labute approximate surface area is 128 Å². The lowest BCUT2D eigenvalue weighted by atomic mass is 10.2. The number of benzene rings is 1. The molecule has 1 aromatic heterocycles. The van der Waals surface area contributed by atoms with Crippen molar-refractivity contribution in [1.29, 1.82) is 0 Å². The van der Waals surface area contributed by atoms with Crippen LogP contribution in [0.1, 0.15) is 5.56 Å². The van der Waals surface area contributed by atoms with Crippen LogP contribution in [0, 0.1) is 0 Å². The Hall–Kier alpha value is -1.70. The van der Waals surface area contributed by atoms with Gasteiger partial charge in [-0.2, -0.15) is 13.2 Å². The van der Waals surface area contributed by atoms with Crippen LogP contribution >= 0.6 is 23.2 Å². The maximum atomic E-state index is 12.8. The summed E-state index contributed by atoms with van der Waals surface area (Å²) in [5.74, 6) is 4.89. The maximum absolute atomic E-state index is 12.8. The summed E-state index contributed by atoms with van der Waals surface area (Å²) in [6, 6.07) is 6.33. The van der Waals surface area contributed by atoms with Gasteiger partial charge in [0.1, 0.15) is 11.6 Å². The Kier molecular flexibility index (Phi) is 4.46. The predicted octanol–water partition coefficient (Wildman–Crippen LogP) is 4.44. The van der Waals surface area contributed by atoms with Crippen LogP contribution < -0.4 is 16.6 Å². The molecule has 2 rings (SSSR count). The zero-order valence-corrected chi connectivity index (χ0v) is 11.8. The Morgan fingerprint density at radius 3 is 2.14 bits per heavy atom. The fraction of sp³-hybridized carbons (Fsp3) is 0.0833. The van der Waals surface area contributed by atoms with E-state index >= 15 is 0 Å². The molecule has 0 spiro atoms. The number of nitrogens with zero attached hydrogens (tertiary/aromatic N) is 1. The molecule has 4 nitrogen and oxygen atoms in total. The quantitative estimate of drug-likeness (QED) is 0.572. The van der Waals surface area contributed by atoms with E-state index in [0.29, 0.717) is 0 Å². The molecule has 2 aromatic rings. The number of hydrogen-bond donors (Lipinski definition) is 3. The molecule has 0 aliphatic rings. The van der Waals surface area contributed by atoms with Crippen LogP contribution in [0.2, 0.25) is 10.0 Å². The average Bonchev–Trinajstić information content (AvgIpc) is 2.42. The van der Waals surface area contributed by atoms with Gasteiger partial charge < -0.3 is 10.7 Å². The summed E-state index contributed by atoms with van der Waals surface area (Å²) < 4.78 is 38.4. The molecule has 0 saturated heterocycles. The highest BCUT2D eigenvalue weighted by molar-refractivity contribution is 6.39. The number of nitrogen functional groups attached to an aromatic ring is 1. The monoisotopic (exact) mass is 336 g/mol. The van der Waals surface area contributed by atoms with Gasteiger partial charge >= 0.3 is 6.18 Å². The lowest BCUT2D eigenvalue weighted by molar-refractivity contribution is -0.137. The van der Waals surface area contributed by atoms with E-state index in [4.69, 9.17) is 29.0 Å². The molecular formula is C12H9Cl2F3N4. The SMILES string of the molecule is NNc1cc(C(F)(F)F)cc(Nc2c(Cl)cccc2Cl)n1. The second-order valence-electron chi connectivity index (χ2n) is 3.99. The minimum Gasteiger partial charge on any atom is -0.338 e. The third-order valence-corrected chi connectivity index (χ3v) is 3.15. The highest BCUT2D eigenvalue weighted by Crippen LogP contribution is 2.35. The van der Waals surface area contributed by atoms with E-state index in [9.17, 15) is 13.2 Å². The van der Waals surface area contributed by atoms with Gasteiger partial charge in [0.25, 0.3) is 0 Å². The zero-order valence-electron chi connectivity index (χ0n) is 10.3. The summed E-state index contributed by atoms with van der Waals surface area (Å²) in [6.45, 7) is 0. The molecular weight excluding hydrogens is 328 g/mol. The molecule has 0 atom stereocenters. The molecule has 0 radical (unpaired) electrons. The second kappa shape index (κ2) is 5.97. The van der Waals surface area contributed by atoms with Crippen LogP contribution in [0.15, 0.2) is 30.3 Å². The largest absolute Gasteiger partial charge is 0.416 e. The minimum absolute atomic E-state index is 0.0900. The number of aromatic nitrogens is 1. The lowest BCUT2D eigenvalue weighted by Gasteiger charge is -2.14. The van der Waals surface area contributed by atoms with Crippen LogP contribution in [0.3, 0.4) is 0 Å². The third kappa shape index (κ3) is 3.69. The van der Waals surface area contributed by atoms with Gasteiger partial charge in [-0.1, -0.05) is 29.3 Å². The van der Waals surface area contributed by atoms with Crippen molar-refractivity contribution in [2.75, 3.05) is 10.7 Å². The number of rotatable bonds is 3. The summed E-state index contributed by atoms with van der Waals surface area (Å²) >= 11 is 11.9. The fourth-order valence-corrected chi connectivity index (χ4v) is 2.07. The Bertz CT molecular complexity index is 641. The molecule has 0 bridgehead atoms. The standard InChI is InChI=1S/C12H9Cl2F3N4/c13-7-2-1-3-8(14)11(7)20-9-4-6(12(15,16)17)5-10(19-9)21-18/h1-5H,18H2,(H2,19,20,21). The third-order valence-electron chi connectivity index (χ3n) is 2.52. The smallest absolute Gasteiger partial charge is 0.338 e. The Balaban J connectivity index is 2.45. The van der Waals surface area contributed by atoms with E-state index in [0.717, 1.165) is 12.1 Å². The molecule has 21 heavy (non-hydrogen) atoms. The van der Waals surface area contributed by atoms with Crippen molar-refractivity contribution in [3.05, 3.63) is 45.9 Å². The number of pyridine rings is 1. The molecule has 1 aromatic carbocycles. The van der Waals surface area contributed by atoms with Gasteiger partial charge in [0.15, 0.2) is 0 Å². The van der Waals surface area contributed by atoms with Crippen molar-refractivity contribution in [3.63, 3.8) is 0 Å². The predicted molar refractivity (Wildman–Crippen MR) is 76.8 cm³/mol. The first kappa shape index (κ1) is 15.7. The number of hydrogen-bond acceptors (Lipinski definition) is 4. The molecule has 0 amide bonds. The number of anilines is 3. The molecule has 112 valence electrons. The normalized spacial score (nSPS) is 11.3. The fourth-order valence-electron chi connectivity index (χ4n) is 1.58. The Morgan fingerprint density at radius 2 is 1.62 bits per heavy atom. The van der Waals surface area contributed by atoms with Gasteiger partial charge in [0.2, 0.25) is 0 Å². The summed E-state index contributed by atoms with van der Waals surface area (Å²) in [4.78, 5) is 3.88. The van der Waals surface area contributed by atoms with Gasteiger partial charge in [-0.15, -0.1) is 0 Å². The van der Waals surface area contributed by atoms with E-state index in [1.165, 1.54) is 0 Å². The van der Waals surface area contributed by atoms with E-state index < -0.39 is 11.7 Å². The molecule has 0 saturated carbocycles. The zero-order chi connectivity index (χ0) is 15.6. The number of para-hydroxylation sites is 1. The topological polar surface area (TPSA) is 63.0 Å². The second-order valence-corrected chi connectivity index (χ2v) is 4.80.